The normalized spacial score (nSPS) is 31.8. The molecule has 3 aliphatic heterocycles. The summed E-state index contributed by atoms with van der Waals surface area (Å²) in [5.41, 5.74) is 0.653. The molecule has 0 radical (unpaired) electrons. The maximum Gasteiger partial charge on any atom is 0.325 e. The largest absolute Gasteiger partial charge is 0.341 e. The number of urea groups is 1. The Morgan fingerprint density at radius 1 is 1.18 bits per heavy atom. The van der Waals surface area contributed by atoms with Gasteiger partial charge in [-0.1, -0.05) is 29.8 Å². The first-order valence-electron chi connectivity index (χ1n) is 10.0. The number of nitrogens with one attached hydrogen (secondary N) is 2. The van der Waals surface area contributed by atoms with E-state index in [1.165, 1.54) is 0 Å². The molecule has 0 aliphatic carbocycles. The van der Waals surface area contributed by atoms with Crippen LogP contribution in [-0.2, 0) is 15.1 Å². The third-order valence-corrected chi connectivity index (χ3v) is 6.59. The van der Waals surface area contributed by atoms with Crippen molar-refractivity contribution in [3.05, 3.63) is 35.4 Å². The molecular weight excluding hydrogens is 356 g/mol. The van der Waals surface area contributed by atoms with Gasteiger partial charge in [-0.3, -0.25) is 14.5 Å². The molecule has 7 heteroatoms. The van der Waals surface area contributed by atoms with Crippen LogP contribution in [0.3, 0.4) is 0 Å². The summed E-state index contributed by atoms with van der Waals surface area (Å²) in [6.45, 7) is 3.44. The Morgan fingerprint density at radius 3 is 2.39 bits per heavy atom. The van der Waals surface area contributed by atoms with E-state index >= 15 is 0 Å². The molecule has 28 heavy (non-hydrogen) atoms. The number of carbonyl (C=O) groups excluding carboxylic acids is 3. The summed E-state index contributed by atoms with van der Waals surface area (Å²) in [6.07, 6.45) is 4.18. The first-order valence-corrected chi connectivity index (χ1v) is 10.0. The Labute approximate surface area is 165 Å². The molecule has 2 bridgehead atoms. The van der Waals surface area contributed by atoms with Crippen molar-refractivity contribution in [2.45, 2.75) is 63.2 Å². The minimum Gasteiger partial charge on any atom is -0.341 e. The molecule has 3 heterocycles. The summed E-state index contributed by atoms with van der Waals surface area (Å²) in [6, 6.07) is 8.10. The fourth-order valence-corrected chi connectivity index (χ4v) is 4.72. The van der Waals surface area contributed by atoms with Crippen LogP contribution in [0.15, 0.2) is 24.3 Å². The van der Waals surface area contributed by atoms with E-state index in [0.717, 1.165) is 41.7 Å². The highest BCUT2D eigenvalue weighted by atomic mass is 16.2. The number of piperidine rings is 1. The van der Waals surface area contributed by atoms with Crippen molar-refractivity contribution in [3.8, 4) is 0 Å². The van der Waals surface area contributed by atoms with E-state index in [1.807, 2.05) is 31.2 Å². The number of imide groups is 1. The number of likely N-dealkylation sites (N-methyl/N-ethyl adjacent to an activating group) is 1. The predicted octanol–water partition coefficient (Wildman–Crippen LogP) is 1.50. The zero-order valence-corrected chi connectivity index (χ0v) is 16.7. The molecule has 4 rings (SSSR count). The predicted molar refractivity (Wildman–Crippen MR) is 105 cm³/mol. The van der Waals surface area contributed by atoms with Gasteiger partial charge in [0, 0.05) is 25.2 Å². The topological polar surface area (TPSA) is 81.8 Å². The molecule has 0 spiro atoms. The summed E-state index contributed by atoms with van der Waals surface area (Å²) in [5, 5.41) is 6.34. The highest BCUT2D eigenvalue weighted by Gasteiger charge is 2.50. The van der Waals surface area contributed by atoms with E-state index < -0.39 is 11.6 Å². The smallest absolute Gasteiger partial charge is 0.325 e. The van der Waals surface area contributed by atoms with E-state index in [0.29, 0.717) is 12.1 Å². The number of aryl methyl sites for hydroxylation is 1. The second kappa shape index (κ2) is 6.88. The minimum absolute atomic E-state index is 0.162. The second-order valence-corrected chi connectivity index (χ2v) is 8.58. The first kappa shape index (κ1) is 18.9. The van der Waals surface area contributed by atoms with Crippen molar-refractivity contribution in [2.24, 2.45) is 0 Å². The van der Waals surface area contributed by atoms with E-state index in [4.69, 9.17) is 0 Å². The van der Waals surface area contributed by atoms with Gasteiger partial charge in [-0.15, -0.1) is 0 Å². The van der Waals surface area contributed by atoms with Crippen LogP contribution in [0, 0.1) is 6.92 Å². The average Bonchev–Trinajstić information content (AvgIpc) is 3.12. The van der Waals surface area contributed by atoms with Crippen molar-refractivity contribution in [1.29, 1.82) is 0 Å². The standard InChI is InChI=1S/C21H28N4O3/c1-13-4-6-14(7-5-13)21(2)19(27)25(20(28)23-21)12-18(26)24(3)17-10-15-8-9-16(11-17)22-15/h4-7,15-17,22H,8-12H2,1-3H3,(H,23,28). The maximum absolute atomic E-state index is 13.0. The van der Waals surface area contributed by atoms with Gasteiger partial charge in [0.1, 0.15) is 12.1 Å². The number of hydrogen-bond donors (Lipinski definition) is 2. The zero-order chi connectivity index (χ0) is 20.1. The van der Waals surface area contributed by atoms with Crippen LogP contribution in [0.1, 0.15) is 43.7 Å². The zero-order valence-electron chi connectivity index (χ0n) is 16.7. The van der Waals surface area contributed by atoms with Gasteiger partial charge in [-0.2, -0.15) is 0 Å². The third kappa shape index (κ3) is 3.17. The number of fused-ring (bicyclic) bond motifs is 2. The van der Waals surface area contributed by atoms with Crippen molar-refractivity contribution in [3.63, 3.8) is 0 Å². The maximum atomic E-state index is 13.0. The molecule has 3 unspecified atom stereocenters. The second-order valence-electron chi connectivity index (χ2n) is 8.58. The van der Waals surface area contributed by atoms with Crippen LogP contribution in [0.2, 0.25) is 0 Å². The number of rotatable bonds is 4. The van der Waals surface area contributed by atoms with Gasteiger partial charge < -0.3 is 15.5 Å². The van der Waals surface area contributed by atoms with Gasteiger partial charge >= 0.3 is 6.03 Å². The molecule has 4 amide bonds. The Morgan fingerprint density at radius 2 is 1.79 bits per heavy atom. The minimum atomic E-state index is -1.14. The van der Waals surface area contributed by atoms with Crippen LogP contribution < -0.4 is 10.6 Å². The molecule has 7 nitrogen and oxygen atoms in total. The SMILES string of the molecule is Cc1ccc(C2(C)NC(=O)N(CC(=O)N(C)C3CC4CCC(C3)N4)C2=O)cc1. The summed E-state index contributed by atoms with van der Waals surface area (Å²) < 4.78 is 0. The Hall–Kier alpha value is -2.41. The highest BCUT2D eigenvalue weighted by Crippen LogP contribution is 2.31. The van der Waals surface area contributed by atoms with Crippen molar-refractivity contribution in [2.75, 3.05) is 13.6 Å². The Kier molecular flexibility index (Phi) is 4.65. The number of nitrogens with zero attached hydrogens (tertiary/aromatic N) is 2. The molecule has 0 aromatic heterocycles. The van der Waals surface area contributed by atoms with E-state index in [2.05, 4.69) is 10.6 Å². The van der Waals surface area contributed by atoms with E-state index in [-0.39, 0.29) is 24.4 Å². The molecular formula is C21H28N4O3. The molecule has 1 aromatic rings. The molecule has 3 atom stereocenters. The van der Waals surface area contributed by atoms with Crippen molar-refractivity contribution < 1.29 is 14.4 Å². The third-order valence-electron chi connectivity index (χ3n) is 6.59. The lowest BCUT2D eigenvalue weighted by Gasteiger charge is -2.36. The fourth-order valence-electron chi connectivity index (χ4n) is 4.72. The van der Waals surface area contributed by atoms with Crippen LogP contribution in [0.4, 0.5) is 4.79 Å². The quantitative estimate of drug-likeness (QED) is 0.771. The first-order chi connectivity index (χ1) is 13.3. The van der Waals surface area contributed by atoms with Gasteiger partial charge in [0.2, 0.25) is 5.91 Å². The van der Waals surface area contributed by atoms with Crippen molar-refractivity contribution >= 4 is 17.8 Å². The lowest BCUT2D eigenvalue weighted by molar-refractivity contribution is -0.139. The average molecular weight is 384 g/mol. The molecule has 3 fully saturated rings. The summed E-state index contributed by atoms with van der Waals surface area (Å²) in [7, 11) is 1.79. The van der Waals surface area contributed by atoms with E-state index in [9.17, 15) is 14.4 Å². The number of amides is 4. The van der Waals surface area contributed by atoms with Gasteiger partial charge in [-0.25, -0.2) is 4.79 Å². The lowest BCUT2D eigenvalue weighted by Crippen LogP contribution is -2.51. The highest BCUT2D eigenvalue weighted by molar-refractivity contribution is 6.09. The number of benzene rings is 1. The van der Waals surface area contributed by atoms with Gasteiger partial charge in [0.15, 0.2) is 0 Å². The van der Waals surface area contributed by atoms with E-state index in [1.54, 1.807) is 18.9 Å². The van der Waals surface area contributed by atoms with Crippen LogP contribution in [-0.4, -0.2) is 59.4 Å². The Balaban J connectivity index is 1.45. The number of carbonyl (C=O) groups is 3. The summed E-state index contributed by atoms with van der Waals surface area (Å²) in [5.74, 6) is -0.573. The Bertz CT molecular complexity index is 796. The molecule has 2 N–H and O–H groups in total. The van der Waals surface area contributed by atoms with Crippen LogP contribution in [0.5, 0.6) is 0 Å². The molecule has 3 aliphatic rings. The van der Waals surface area contributed by atoms with Crippen LogP contribution in [0.25, 0.3) is 0 Å². The number of hydrogen-bond acceptors (Lipinski definition) is 4. The van der Waals surface area contributed by atoms with Gasteiger partial charge in [0.25, 0.3) is 5.91 Å². The monoisotopic (exact) mass is 384 g/mol. The summed E-state index contributed by atoms with van der Waals surface area (Å²) >= 11 is 0. The lowest BCUT2D eigenvalue weighted by atomic mass is 9.91. The summed E-state index contributed by atoms with van der Waals surface area (Å²) in [4.78, 5) is 41.2. The molecule has 150 valence electrons. The molecule has 0 saturated carbocycles. The molecule has 3 saturated heterocycles. The van der Waals surface area contributed by atoms with Gasteiger partial charge in [0.05, 0.1) is 0 Å². The van der Waals surface area contributed by atoms with Crippen LogP contribution >= 0.6 is 0 Å². The fraction of sp³-hybridized carbons (Fsp3) is 0.571. The van der Waals surface area contributed by atoms with Crippen molar-refractivity contribution in [1.82, 2.24) is 20.4 Å². The van der Waals surface area contributed by atoms with Gasteiger partial charge in [-0.05, 0) is 45.1 Å². The molecule has 1 aromatic carbocycles.